The maximum Gasteiger partial charge on any atom is 0.219 e. The first kappa shape index (κ1) is 18.8. The SMILES string of the molecule is CCCCC(CC)Oc1ccccc1[C@@H]1C[C@H]1CNC(=O)CCC. The molecule has 0 bridgehead atoms. The van der Waals surface area contributed by atoms with Crippen LogP contribution in [0, 0.1) is 5.92 Å². The normalized spacial score (nSPS) is 20.5. The van der Waals surface area contributed by atoms with Crippen LogP contribution in [0.5, 0.6) is 5.75 Å². The van der Waals surface area contributed by atoms with Crippen molar-refractivity contribution in [1.82, 2.24) is 5.32 Å². The molecule has 3 atom stereocenters. The smallest absolute Gasteiger partial charge is 0.219 e. The molecular weight excluding hydrogens is 298 g/mol. The van der Waals surface area contributed by atoms with Gasteiger partial charge in [-0.05, 0) is 49.1 Å². The van der Waals surface area contributed by atoms with Gasteiger partial charge in [0.2, 0.25) is 5.91 Å². The highest BCUT2D eigenvalue weighted by atomic mass is 16.5. The van der Waals surface area contributed by atoms with Crippen molar-refractivity contribution >= 4 is 5.91 Å². The quantitative estimate of drug-likeness (QED) is 0.616. The fourth-order valence-electron chi connectivity index (χ4n) is 3.27. The zero-order valence-corrected chi connectivity index (χ0v) is 15.5. The van der Waals surface area contributed by atoms with Gasteiger partial charge >= 0.3 is 0 Å². The van der Waals surface area contributed by atoms with E-state index in [1.54, 1.807) is 0 Å². The number of ether oxygens (including phenoxy) is 1. The van der Waals surface area contributed by atoms with E-state index in [0.29, 0.717) is 24.4 Å². The molecule has 2 rings (SSSR count). The largest absolute Gasteiger partial charge is 0.490 e. The maximum absolute atomic E-state index is 11.6. The average Bonchev–Trinajstić information content (AvgIpc) is 3.37. The first-order valence-corrected chi connectivity index (χ1v) is 9.71. The van der Waals surface area contributed by atoms with Crippen molar-refractivity contribution in [2.75, 3.05) is 6.54 Å². The molecule has 134 valence electrons. The lowest BCUT2D eigenvalue weighted by molar-refractivity contribution is -0.121. The van der Waals surface area contributed by atoms with Gasteiger partial charge in [-0.25, -0.2) is 0 Å². The summed E-state index contributed by atoms with van der Waals surface area (Å²) in [5, 5.41) is 3.06. The highest BCUT2D eigenvalue weighted by Gasteiger charge is 2.40. The molecule has 0 aliphatic heterocycles. The Morgan fingerprint density at radius 1 is 1.25 bits per heavy atom. The third-order valence-electron chi connectivity index (χ3n) is 4.91. The number of amides is 1. The number of carbonyl (C=O) groups is 1. The third-order valence-corrected chi connectivity index (χ3v) is 4.91. The molecule has 1 fully saturated rings. The summed E-state index contributed by atoms with van der Waals surface area (Å²) < 4.78 is 6.32. The standard InChI is InChI=1S/C21H33NO2/c1-4-7-11-17(6-3)24-20-13-9-8-12-18(20)19-14-16(19)15-22-21(23)10-5-2/h8-9,12-13,16-17,19H,4-7,10-11,14-15H2,1-3H3,(H,22,23)/t16-,17?,19+/m0/s1. The Hall–Kier alpha value is -1.51. The average molecular weight is 332 g/mol. The molecule has 0 radical (unpaired) electrons. The van der Waals surface area contributed by atoms with Crippen LogP contribution < -0.4 is 10.1 Å². The molecule has 0 saturated heterocycles. The molecular formula is C21H33NO2. The van der Waals surface area contributed by atoms with Gasteiger partial charge in [-0.1, -0.05) is 51.8 Å². The lowest BCUT2D eigenvalue weighted by Crippen LogP contribution is -2.25. The first-order chi connectivity index (χ1) is 11.7. The summed E-state index contributed by atoms with van der Waals surface area (Å²) in [6.45, 7) is 7.26. The fraction of sp³-hybridized carbons (Fsp3) is 0.667. The molecule has 24 heavy (non-hydrogen) atoms. The molecule has 3 heteroatoms. The molecule has 1 saturated carbocycles. The van der Waals surface area contributed by atoms with Crippen LogP contribution in [-0.2, 0) is 4.79 Å². The van der Waals surface area contributed by atoms with Gasteiger partial charge in [0.25, 0.3) is 0 Å². The Kier molecular flexibility index (Phi) is 7.61. The maximum atomic E-state index is 11.6. The minimum Gasteiger partial charge on any atom is -0.490 e. The van der Waals surface area contributed by atoms with Crippen molar-refractivity contribution in [3.63, 3.8) is 0 Å². The minimum absolute atomic E-state index is 0.179. The summed E-state index contributed by atoms with van der Waals surface area (Å²) in [6, 6.07) is 8.46. The Morgan fingerprint density at radius 2 is 2.04 bits per heavy atom. The van der Waals surface area contributed by atoms with E-state index in [-0.39, 0.29) is 5.91 Å². The van der Waals surface area contributed by atoms with Crippen LogP contribution in [0.2, 0.25) is 0 Å². The molecule has 1 amide bonds. The van der Waals surface area contributed by atoms with Crippen molar-refractivity contribution in [1.29, 1.82) is 0 Å². The van der Waals surface area contributed by atoms with Crippen LogP contribution in [-0.4, -0.2) is 18.6 Å². The second-order valence-corrected chi connectivity index (χ2v) is 6.98. The predicted octanol–water partition coefficient (Wildman–Crippen LogP) is 5.05. The summed E-state index contributed by atoms with van der Waals surface area (Å²) in [7, 11) is 0. The Labute approximate surface area is 147 Å². The molecule has 1 aliphatic rings. The molecule has 1 aromatic carbocycles. The second kappa shape index (κ2) is 9.71. The van der Waals surface area contributed by atoms with Gasteiger partial charge in [0.05, 0.1) is 6.10 Å². The molecule has 0 heterocycles. The van der Waals surface area contributed by atoms with Gasteiger partial charge in [-0.15, -0.1) is 0 Å². The lowest BCUT2D eigenvalue weighted by Gasteiger charge is -2.20. The van der Waals surface area contributed by atoms with Gasteiger partial charge in [0.1, 0.15) is 5.75 Å². The van der Waals surface area contributed by atoms with Crippen molar-refractivity contribution < 1.29 is 9.53 Å². The number of hydrogen-bond donors (Lipinski definition) is 1. The van der Waals surface area contributed by atoms with Crippen molar-refractivity contribution in [3.05, 3.63) is 29.8 Å². The number of para-hydroxylation sites is 1. The van der Waals surface area contributed by atoms with Gasteiger partial charge in [-0.3, -0.25) is 4.79 Å². The van der Waals surface area contributed by atoms with E-state index in [1.807, 2.05) is 6.92 Å². The number of unbranched alkanes of at least 4 members (excludes halogenated alkanes) is 1. The van der Waals surface area contributed by atoms with Gasteiger partial charge < -0.3 is 10.1 Å². The van der Waals surface area contributed by atoms with E-state index < -0.39 is 0 Å². The van der Waals surface area contributed by atoms with Crippen LogP contribution >= 0.6 is 0 Å². The minimum atomic E-state index is 0.179. The van der Waals surface area contributed by atoms with Gasteiger partial charge in [0.15, 0.2) is 0 Å². The Bertz CT molecular complexity index is 514. The molecule has 3 nitrogen and oxygen atoms in total. The molecule has 1 aliphatic carbocycles. The van der Waals surface area contributed by atoms with Crippen LogP contribution in [0.4, 0.5) is 0 Å². The highest BCUT2D eigenvalue weighted by Crippen LogP contribution is 2.50. The summed E-state index contributed by atoms with van der Waals surface area (Å²) in [6.07, 6.45) is 7.61. The van der Waals surface area contributed by atoms with Crippen LogP contribution in [0.25, 0.3) is 0 Å². The molecule has 1 aromatic rings. The molecule has 0 aromatic heterocycles. The zero-order chi connectivity index (χ0) is 17.4. The topological polar surface area (TPSA) is 38.3 Å². The first-order valence-electron chi connectivity index (χ1n) is 9.71. The lowest BCUT2D eigenvalue weighted by atomic mass is 10.1. The van der Waals surface area contributed by atoms with Gasteiger partial charge in [0, 0.05) is 13.0 Å². The van der Waals surface area contributed by atoms with E-state index in [2.05, 4.69) is 43.4 Å². The van der Waals surface area contributed by atoms with E-state index >= 15 is 0 Å². The Morgan fingerprint density at radius 3 is 2.75 bits per heavy atom. The zero-order valence-electron chi connectivity index (χ0n) is 15.5. The summed E-state index contributed by atoms with van der Waals surface area (Å²) in [5.41, 5.74) is 1.32. The van der Waals surface area contributed by atoms with Crippen LogP contribution in [0.1, 0.15) is 77.2 Å². The van der Waals surface area contributed by atoms with E-state index in [9.17, 15) is 4.79 Å². The highest BCUT2D eigenvalue weighted by molar-refractivity contribution is 5.75. The predicted molar refractivity (Wildman–Crippen MR) is 99.4 cm³/mol. The fourth-order valence-corrected chi connectivity index (χ4v) is 3.27. The third kappa shape index (κ3) is 5.54. The van der Waals surface area contributed by atoms with Crippen LogP contribution in [0.15, 0.2) is 24.3 Å². The van der Waals surface area contributed by atoms with E-state index in [4.69, 9.17) is 4.74 Å². The second-order valence-electron chi connectivity index (χ2n) is 6.98. The van der Waals surface area contributed by atoms with Crippen molar-refractivity contribution in [2.24, 2.45) is 5.92 Å². The number of nitrogens with one attached hydrogen (secondary N) is 1. The summed E-state index contributed by atoms with van der Waals surface area (Å²) >= 11 is 0. The van der Waals surface area contributed by atoms with Crippen molar-refractivity contribution in [3.8, 4) is 5.75 Å². The Balaban J connectivity index is 1.91. The van der Waals surface area contributed by atoms with Crippen LogP contribution in [0.3, 0.4) is 0 Å². The molecule has 1 N–H and O–H groups in total. The number of carbonyl (C=O) groups excluding carboxylic acids is 1. The van der Waals surface area contributed by atoms with E-state index in [0.717, 1.165) is 38.0 Å². The van der Waals surface area contributed by atoms with Crippen molar-refractivity contribution in [2.45, 2.75) is 77.7 Å². The number of rotatable bonds is 11. The van der Waals surface area contributed by atoms with E-state index in [1.165, 1.54) is 18.4 Å². The summed E-state index contributed by atoms with van der Waals surface area (Å²) in [5.74, 6) is 2.32. The molecule has 0 spiro atoms. The number of benzene rings is 1. The monoisotopic (exact) mass is 331 g/mol. The summed E-state index contributed by atoms with van der Waals surface area (Å²) in [4.78, 5) is 11.6. The van der Waals surface area contributed by atoms with Gasteiger partial charge in [-0.2, -0.15) is 0 Å². The molecule has 1 unspecified atom stereocenters. The number of hydrogen-bond acceptors (Lipinski definition) is 2.